The summed E-state index contributed by atoms with van der Waals surface area (Å²) in [4.78, 5) is 15.3. The van der Waals surface area contributed by atoms with E-state index in [1.807, 2.05) is 56.6 Å². The summed E-state index contributed by atoms with van der Waals surface area (Å²) in [5.41, 5.74) is 5.07. The number of nitrogens with zero attached hydrogens (tertiary/aromatic N) is 3. The van der Waals surface area contributed by atoms with Crippen molar-refractivity contribution >= 4 is 11.0 Å². The Kier molecular flexibility index (Phi) is 5.42. The number of hydrogen-bond donors (Lipinski definition) is 0. The normalized spacial score (nSPS) is 11.4. The lowest BCUT2D eigenvalue weighted by molar-refractivity contribution is 0.402. The van der Waals surface area contributed by atoms with Crippen LogP contribution in [0.1, 0.15) is 16.8 Å². The highest BCUT2D eigenvalue weighted by atomic mass is 16.5. The zero-order chi connectivity index (χ0) is 21.3. The van der Waals surface area contributed by atoms with E-state index < -0.39 is 0 Å². The summed E-state index contributed by atoms with van der Waals surface area (Å²) in [6, 6.07) is 17.9. The maximum atomic E-state index is 13.1. The number of fused-ring (bicyclic) bond motifs is 1. The molecular weight excluding hydrogens is 378 g/mol. The largest absolute Gasteiger partial charge is 0.497 e. The van der Waals surface area contributed by atoms with Crippen LogP contribution in [-0.4, -0.2) is 35.8 Å². The Morgan fingerprint density at radius 1 is 1.03 bits per heavy atom. The molecule has 0 N–H and O–H groups in total. The predicted molar refractivity (Wildman–Crippen MR) is 118 cm³/mol. The van der Waals surface area contributed by atoms with Gasteiger partial charge in [0.05, 0.1) is 12.8 Å². The van der Waals surface area contributed by atoms with E-state index in [0.29, 0.717) is 23.1 Å². The average molecular weight is 403 g/mol. The van der Waals surface area contributed by atoms with Gasteiger partial charge in [-0.3, -0.25) is 4.79 Å². The predicted octanol–water partition coefficient (Wildman–Crippen LogP) is 3.85. The molecule has 4 aromatic rings. The number of methoxy groups -OCH3 is 1. The van der Waals surface area contributed by atoms with Crippen molar-refractivity contribution < 1.29 is 9.26 Å². The lowest BCUT2D eigenvalue weighted by atomic mass is 10.0. The van der Waals surface area contributed by atoms with Crippen molar-refractivity contribution in [3.8, 4) is 17.0 Å². The van der Waals surface area contributed by atoms with Gasteiger partial charge < -0.3 is 18.7 Å². The molecule has 6 heteroatoms. The Balaban J connectivity index is 1.69. The van der Waals surface area contributed by atoms with E-state index in [4.69, 9.17) is 9.26 Å². The van der Waals surface area contributed by atoms with E-state index in [1.54, 1.807) is 18.7 Å². The minimum absolute atomic E-state index is 0.107. The molecule has 0 saturated carbocycles. The van der Waals surface area contributed by atoms with Crippen LogP contribution in [0.4, 0.5) is 0 Å². The molecule has 0 unspecified atom stereocenters. The van der Waals surface area contributed by atoms with Gasteiger partial charge in [0.15, 0.2) is 5.58 Å². The molecule has 154 valence electrons. The Bertz CT molecular complexity index is 1220. The summed E-state index contributed by atoms with van der Waals surface area (Å²) in [7, 11) is 7.50. The van der Waals surface area contributed by atoms with E-state index >= 15 is 0 Å². The zero-order valence-corrected chi connectivity index (χ0v) is 17.7. The molecule has 6 nitrogen and oxygen atoms in total. The second-order valence-electron chi connectivity index (χ2n) is 7.72. The molecule has 0 atom stereocenters. The molecule has 2 aromatic carbocycles. The van der Waals surface area contributed by atoms with Crippen molar-refractivity contribution in [3.63, 3.8) is 0 Å². The lowest BCUT2D eigenvalue weighted by Crippen LogP contribution is -2.19. The first-order chi connectivity index (χ1) is 14.5. The molecule has 0 bridgehead atoms. The summed E-state index contributed by atoms with van der Waals surface area (Å²) in [5, 5.41) is 4.72. The van der Waals surface area contributed by atoms with E-state index in [0.717, 1.165) is 29.1 Å². The Morgan fingerprint density at radius 3 is 2.33 bits per heavy atom. The van der Waals surface area contributed by atoms with Gasteiger partial charge in [-0.15, -0.1) is 0 Å². The van der Waals surface area contributed by atoms with Crippen molar-refractivity contribution in [2.24, 2.45) is 7.05 Å². The third-order valence-corrected chi connectivity index (χ3v) is 5.22. The zero-order valence-electron chi connectivity index (χ0n) is 17.7. The summed E-state index contributed by atoms with van der Waals surface area (Å²) in [6.45, 7) is 0.870. The summed E-state index contributed by atoms with van der Waals surface area (Å²) >= 11 is 0. The molecule has 4 rings (SSSR count). The molecule has 0 aliphatic rings. The number of pyridine rings is 1. The van der Waals surface area contributed by atoms with Crippen molar-refractivity contribution in [2.75, 3.05) is 21.2 Å². The molecule has 0 saturated heterocycles. The van der Waals surface area contributed by atoms with Crippen LogP contribution >= 0.6 is 0 Å². The van der Waals surface area contributed by atoms with E-state index in [1.165, 1.54) is 5.56 Å². The molecule has 0 radical (unpaired) electrons. The molecule has 0 aliphatic heterocycles. The Hall–Kier alpha value is -3.38. The summed E-state index contributed by atoms with van der Waals surface area (Å²) < 4.78 is 12.4. The summed E-state index contributed by atoms with van der Waals surface area (Å²) in [5.74, 6) is 0.793. The third-order valence-electron chi connectivity index (χ3n) is 5.22. The van der Waals surface area contributed by atoms with Crippen LogP contribution < -0.4 is 10.3 Å². The molecule has 2 heterocycles. The van der Waals surface area contributed by atoms with Crippen LogP contribution in [-0.2, 0) is 20.0 Å². The third kappa shape index (κ3) is 3.86. The highest BCUT2D eigenvalue weighted by molar-refractivity contribution is 5.82. The fourth-order valence-corrected chi connectivity index (χ4v) is 3.64. The number of hydrogen-bond acceptors (Lipinski definition) is 5. The number of benzene rings is 2. The SMILES string of the molecule is COc1ccc(Cc2noc3cc(-c4ccc(CN(C)C)cc4)n(C)c(=O)c23)cc1. The highest BCUT2D eigenvalue weighted by Crippen LogP contribution is 2.25. The van der Waals surface area contributed by atoms with Gasteiger partial charge >= 0.3 is 0 Å². The monoisotopic (exact) mass is 403 g/mol. The van der Waals surface area contributed by atoms with Crippen LogP contribution in [0, 0.1) is 0 Å². The molecule has 2 aromatic heterocycles. The second kappa shape index (κ2) is 8.16. The van der Waals surface area contributed by atoms with Crippen LogP contribution in [0.15, 0.2) is 63.9 Å². The quantitative estimate of drug-likeness (QED) is 0.489. The van der Waals surface area contributed by atoms with Crippen molar-refractivity contribution in [3.05, 3.63) is 81.8 Å². The number of aromatic nitrogens is 2. The van der Waals surface area contributed by atoms with Crippen molar-refractivity contribution in [1.29, 1.82) is 0 Å². The van der Waals surface area contributed by atoms with Crippen LogP contribution in [0.3, 0.4) is 0 Å². The fraction of sp³-hybridized carbons (Fsp3) is 0.250. The standard InChI is InChI=1S/C24H25N3O3/c1-26(2)15-17-5-9-18(10-6-17)21-14-22-23(24(28)27(21)3)20(25-30-22)13-16-7-11-19(29-4)12-8-16/h5-12,14H,13,15H2,1-4H3. The molecule has 0 fully saturated rings. The average Bonchev–Trinajstić information content (AvgIpc) is 3.14. The topological polar surface area (TPSA) is 60.5 Å². The van der Waals surface area contributed by atoms with Crippen LogP contribution in [0.2, 0.25) is 0 Å². The first-order valence-corrected chi connectivity index (χ1v) is 9.81. The fourth-order valence-electron chi connectivity index (χ4n) is 3.64. The Morgan fingerprint density at radius 2 is 1.70 bits per heavy atom. The van der Waals surface area contributed by atoms with Gasteiger partial charge in [-0.2, -0.15) is 0 Å². The smallest absolute Gasteiger partial charge is 0.263 e. The Labute approximate surface area is 175 Å². The van der Waals surface area contributed by atoms with E-state index in [-0.39, 0.29) is 5.56 Å². The van der Waals surface area contributed by atoms with Crippen molar-refractivity contribution in [1.82, 2.24) is 14.6 Å². The minimum atomic E-state index is -0.107. The van der Waals surface area contributed by atoms with Crippen LogP contribution in [0.25, 0.3) is 22.2 Å². The molecule has 0 aliphatic carbocycles. The number of ether oxygens (including phenoxy) is 1. The van der Waals surface area contributed by atoms with Crippen LogP contribution in [0.5, 0.6) is 5.75 Å². The molecule has 0 spiro atoms. The summed E-state index contributed by atoms with van der Waals surface area (Å²) in [6.07, 6.45) is 0.519. The first kappa shape index (κ1) is 19.9. The lowest BCUT2D eigenvalue weighted by Gasteiger charge is -2.12. The van der Waals surface area contributed by atoms with E-state index in [9.17, 15) is 4.79 Å². The highest BCUT2D eigenvalue weighted by Gasteiger charge is 2.17. The van der Waals surface area contributed by atoms with Crippen molar-refractivity contribution in [2.45, 2.75) is 13.0 Å². The first-order valence-electron chi connectivity index (χ1n) is 9.81. The van der Waals surface area contributed by atoms with Gasteiger partial charge in [-0.1, -0.05) is 41.6 Å². The minimum Gasteiger partial charge on any atom is -0.497 e. The van der Waals surface area contributed by atoms with Gasteiger partial charge in [-0.25, -0.2) is 0 Å². The van der Waals surface area contributed by atoms with Gasteiger partial charge in [0.25, 0.3) is 5.56 Å². The molecular formula is C24H25N3O3. The second-order valence-corrected chi connectivity index (χ2v) is 7.72. The number of rotatable bonds is 6. The van der Waals surface area contributed by atoms with E-state index in [2.05, 4.69) is 22.2 Å². The maximum absolute atomic E-state index is 13.1. The maximum Gasteiger partial charge on any atom is 0.263 e. The van der Waals surface area contributed by atoms with Gasteiger partial charge in [0, 0.05) is 26.1 Å². The molecule has 30 heavy (non-hydrogen) atoms. The van der Waals surface area contributed by atoms with Gasteiger partial charge in [0.1, 0.15) is 16.8 Å². The molecule has 0 amide bonds. The van der Waals surface area contributed by atoms with Gasteiger partial charge in [-0.05, 0) is 42.9 Å². The van der Waals surface area contributed by atoms with Gasteiger partial charge in [0.2, 0.25) is 0 Å².